The Balaban J connectivity index is 1.76. The molecule has 1 aromatic rings. The van der Waals surface area contributed by atoms with Gasteiger partial charge in [-0.1, -0.05) is 38.2 Å². The van der Waals surface area contributed by atoms with Crippen LogP contribution in [0.3, 0.4) is 0 Å². The second-order valence-corrected chi connectivity index (χ2v) is 9.40. The summed E-state index contributed by atoms with van der Waals surface area (Å²) < 4.78 is 32.4. The van der Waals surface area contributed by atoms with Gasteiger partial charge in [-0.05, 0) is 31.0 Å². The van der Waals surface area contributed by atoms with E-state index in [1.165, 1.54) is 29.6 Å². The number of ether oxygens (including phenoxy) is 1. The van der Waals surface area contributed by atoms with E-state index < -0.39 is 10.0 Å². The van der Waals surface area contributed by atoms with Crippen molar-refractivity contribution < 1.29 is 17.9 Å². The lowest BCUT2D eigenvalue weighted by Crippen LogP contribution is -2.40. The molecule has 6 nitrogen and oxygen atoms in total. The van der Waals surface area contributed by atoms with E-state index in [1.807, 2.05) is 11.9 Å². The van der Waals surface area contributed by atoms with Crippen molar-refractivity contribution in [3.05, 3.63) is 29.8 Å². The molecule has 0 atom stereocenters. The van der Waals surface area contributed by atoms with Gasteiger partial charge in [-0.15, -0.1) is 0 Å². The number of hydrogen-bond acceptors (Lipinski definition) is 4. The van der Waals surface area contributed by atoms with E-state index >= 15 is 0 Å². The molecule has 3 rings (SSSR count). The van der Waals surface area contributed by atoms with E-state index in [2.05, 4.69) is 0 Å². The van der Waals surface area contributed by atoms with Crippen LogP contribution in [0.4, 0.5) is 0 Å². The van der Waals surface area contributed by atoms with Crippen molar-refractivity contribution >= 4 is 15.9 Å². The Hall–Kier alpha value is -1.44. The third-order valence-electron chi connectivity index (χ3n) is 5.63. The molecule has 0 N–H and O–H groups in total. The number of sulfonamides is 1. The van der Waals surface area contributed by atoms with Crippen LogP contribution in [-0.4, -0.2) is 62.9 Å². The first kappa shape index (κ1) is 20.3. The van der Waals surface area contributed by atoms with Gasteiger partial charge < -0.3 is 9.64 Å². The molecule has 2 fully saturated rings. The van der Waals surface area contributed by atoms with E-state index in [9.17, 15) is 13.2 Å². The molecule has 1 amide bonds. The number of carbonyl (C=O) groups excluding carboxylic acids is 1. The highest BCUT2D eigenvalue weighted by atomic mass is 32.2. The highest BCUT2D eigenvalue weighted by Crippen LogP contribution is 2.23. The fraction of sp³-hybridized carbons (Fsp3) is 0.650. The van der Waals surface area contributed by atoms with Gasteiger partial charge in [0.2, 0.25) is 10.0 Å². The molecule has 0 radical (unpaired) electrons. The summed E-state index contributed by atoms with van der Waals surface area (Å²) >= 11 is 0. The van der Waals surface area contributed by atoms with Crippen LogP contribution in [0.1, 0.15) is 55.3 Å². The number of carbonyl (C=O) groups is 1. The van der Waals surface area contributed by atoms with Crippen LogP contribution < -0.4 is 0 Å². The fourth-order valence-corrected chi connectivity index (χ4v) is 5.37. The van der Waals surface area contributed by atoms with E-state index in [4.69, 9.17) is 4.74 Å². The summed E-state index contributed by atoms with van der Waals surface area (Å²) in [6, 6.07) is 6.69. The van der Waals surface area contributed by atoms with Crippen molar-refractivity contribution in [1.82, 2.24) is 9.21 Å². The first-order valence-electron chi connectivity index (χ1n) is 9.95. The van der Waals surface area contributed by atoms with Gasteiger partial charge in [0, 0.05) is 31.7 Å². The van der Waals surface area contributed by atoms with Crippen molar-refractivity contribution in [1.29, 1.82) is 0 Å². The highest BCUT2D eigenvalue weighted by Gasteiger charge is 2.28. The molecular formula is C20H30N2O4S. The molecular weight excluding hydrogens is 364 g/mol. The SMILES string of the molecule is CN(C(=O)c1cccc(S(=O)(=O)N2CCOCC2)c1)C1CCCCCCC1. The molecule has 27 heavy (non-hydrogen) atoms. The van der Waals surface area contributed by atoms with Gasteiger partial charge in [-0.3, -0.25) is 4.79 Å². The minimum Gasteiger partial charge on any atom is -0.379 e. The third kappa shape index (κ3) is 4.89. The molecule has 1 saturated carbocycles. The lowest BCUT2D eigenvalue weighted by Gasteiger charge is -2.30. The van der Waals surface area contributed by atoms with Crippen molar-refractivity contribution in [2.24, 2.45) is 0 Å². The molecule has 150 valence electrons. The molecule has 1 aliphatic carbocycles. The topological polar surface area (TPSA) is 66.9 Å². The third-order valence-corrected chi connectivity index (χ3v) is 7.53. The number of nitrogens with zero attached hydrogens (tertiary/aromatic N) is 2. The van der Waals surface area contributed by atoms with Gasteiger partial charge in [-0.25, -0.2) is 8.42 Å². The monoisotopic (exact) mass is 394 g/mol. The molecule has 7 heteroatoms. The molecule has 2 aliphatic rings. The summed E-state index contributed by atoms with van der Waals surface area (Å²) in [7, 11) is -1.75. The van der Waals surface area contributed by atoms with Crippen LogP contribution >= 0.6 is 0 Å². The maximum Gasteiger partial charge on any atom is 0.253 e. The summed E-state index contributed by atoms with van der Waals surface area (Å²) in [6.45, 7) is 1.51. The van der Waals surface area contributed by atoms with Gasteiger partial charge >= 0.3 is 0 Å². The van der Waals surface area contributed by atoms with Crippen LogP contribution in [0.5, 0.6) is 0 Å². The Labute approximate surface area is 162 Å². The normalized spacial score (nSPS) is 20.6. The Morgan fingerprint density at radius 2 is 1.70 bits per heavy atom. The van der Waals surface area contributed by atoms with Gasteiger partial charge in [0.05, 0.1) is 18.1 Å². The molecule has 0 spiro atoms. The van der Waals surface area contributed by atoms with Crippen LogP contribution in [-0.2, 0) is 14.8 Å². The number of rotatable bonds is 4. The average molecular weight is 395 g/mol. The minimum absolute atomic E-state index is 0.0976. The zero-order chi connectivity index (χ0) is 19.3. The van der Waals surface area contributed by atoms with Gasteiger partial charge in [0.15, 0.2) is 0 Å². The van der Waals surface area contributed by atoms with Crippen LogP contribution in [0.2, 0.25) is 0 Å². The second-order valence-electron chi connectivity index (χ2n) is 7.46. The Kier molecular flexibility index (Phi) is 6.89. The van der Waals surface area contributed by atoms with Crippen LogP contribution in [0.15, 0.2) is 29.2 Å². The van der Waals surface area contributed by atoms with Crippen molar-refractivity contribution in [3.8, 4) is 0 Å². The number of hydrogen-bond donors (Lipinski definition) is 0. The first-order valence-corrected chi connectivity index (χ1v) is 11.4. The van der Waals surface area contributed by atoms with Gasteiger partial charge in [0.25, 0.3) is 5.91 Å². The van der Waals surface area contributed by atoms with Crippen LogP contribution in [0, 0.1) is 0 Å². The smallest absolute Gasteiger partial charge is 0.253 e. The Bertz CT molecular complexity index is 736. The lowest BCUT2D eigenvalue weighted by atomic mass is 9.95. The number of morpholine rings is 1. The molecule has 0 aromatic heterocycles. The molecule has 0 unspecified atom stereocenters. The quantitative estimate of drug-likeness (QED) is 0.788. The maximum atomic E-state index is 13.0. The van der Waals surface area contributed by atoms with E-state index in [0.717, 1.165) is 25.7 Å². The maximum absolute atomic E-state index is 13.0. The Morgan fingerprint density at radius 1 is 1.07 bits per heavy atom. The van der Waals surface area contributed by atoms with E-state index in [1.54, 1.807) is 18.2 Å². The van der Waals surface area contributed by atoms with E-state index in [0.29, 0.717) is 31.9 Å². The number of amides is 1. The zero-order valence-corrected chi connectivity index (χ0v) is 16.9. The minimum atomic E-state index is -3.60. The van der Waals surface area contributed by atoms with Crippen molar-refractivity contribution in [2.45, 2.75) is 55.9 Å². The van der Waals surface area contributed by atoms with Gasteiger partial charge in [-0.2, -0.15) is 4.31 Å². The summed E-state index contributed by atoms with van der Waals surface area (Å²) in [5.74, 6) is -0.0976. The number of benzene rings is 1. The molecule has 1 heterocycles. The zero-order valence-electron chi connectivity index (χ0n) is 16.1. The molecule has 1 saturated heterocycles. The summed E-state index contributed by atoms with van der Waals surface area (Å²) in [5.41, 5.74) is 0.439. The first-order chi connectivity index (χ1) is 13.0. The fourth-order valence-electron chi connectivity index (χ4n) is 3.92. The lowest BCUT2D eigenvalue weighted by molar-refractivity contribution is 0.0705. The van der Waals surface area contributed by atoms with E-state index in [-0.39, 0.29) is 16.8 Å². The standard InChI is InChI=1S/C20H30N2O4S/c1-21(18-9-5-3-2-4-6-10-18)20(23)17-8-7-11-19(16-17)27(24,25)22-12-14-26-15-13-22/h7-8,11,16,18H,2-6,9-10,12-15H2,1H3. The highest BCUT2D eigenvalue weighted by molar-refractivity contribution is 7.89. The molecule has 1 aliphatic heterocycles. The largest absolute Gasteiger partial charge is 0.379 e. The summed E-state index contributed by atoms with van der Waals surface area (Å²) in [5, 5.41) is 0. The van der Waals surface area contributed by atoms with Gasteiger partial charge in [0.1, 0.15) is 0 Å². The van der Waals surface area contributed by atoms with Crippen molar-refractivity contribution in [3.63, 3.8) is 0 Å². The summed E-state index contributed by atoms with van der Waals surface area (Å²) in [6.07, 6.45) is 8.08. The predicted molar refractivity (Wildman–Crippen MR) is 104 cm³/mol. The Morgan fingerprint density at radius 3 is 2.37 bits per heavy atom. The molecule has 1 aromatic carbocycles. The second kappa shape index (κ2) is 9.17. The van der Waals surface area contributed by atoms with Crippen molar-refractivity contribution in [2.75, 3.05) is 33.4 Å². The average Bonchev–Trinajstić information content (AvgIpc) is 2.67. The summed E-state index contributed by atoms with van der Waals surface area (Å²) in [4.78, 5) is 15.0. The predicted octanol–water partition coefficient (Wildman–Crippen LogP) is 2.89. The van der Waals surface area contributed by atoms with Crippen LogP contribution in [0.25, 0.3) is 0 Å². The molecule has 0 bridgehead atoms.